The van der Waals surface area contributed by atoms with Crippen LogP contribution in [-0.4, -0.2) is 51.6 Å². The van der Waals surface area contributed by atoms with E-state index < -0.39 is 0 Å². The van der Waals surface area contributed by atoms with E-state index in [1.54, 1.807) is 13.4 Å². The smallest absolute Gasteiger partial charge is 0.222 e. The summed E-state index contributed by atoms with van der Waals surface area (Å²) in [5.41, 5.74) is 3.08. The fourth-order valence-electron chi connectivity index (χ4n) is 4.95. The average Bonchev–Trinajstić information content (AvgIpc) is 3.26. The molecule has 3 heterocycles. The molecule has 2 saturated heterocycles. The van der Waals surface area contributed by atoms with Gasteiger partial charge in [0, 0.05) is 13.6 Å². The third-order valence-electron chi connectivity index (χ3n) is 5.97. The highest BCUT2D eigenvalue weighted by Crippen LogP contribution is 2.49. The monoisotopic (exact) mass is 356 g/mol. The van der Waals surface area contributed by atoms with Crippen molar-refractivity contribution in [2.45, 2.75) is 63.3 Å². The van der Waals surface area contributed by atoms with Crippen molar-refractivity contribution in [1.29, 1.82) is 0 Å². The molecule has 1 amide bonds. The van der Waals surface area contributed by atoms with Gasteiger partial charge >= 0.3 is 0 Å². The van der Waals surface area contributed by atoms with Gasteiger partial charge in [-0.2, -0.15) is 0 Å². The van der Waals surface area contributed by atoms with Gasteiger partial charge in [-0.1, -0.05) is 6.07 Å². The first-order valence-electron chi connectivity index (χ1n) is 9.47. The number of carbonyl (C=O) groups excluding carboxylic acids is 1. The number of aromatic nitrogens is 2. The summed E-state index contributed by atoms with van der Waals surface area (Å²) in [5, 5.41) is 2.76. The number of carbonyl (C=O) groups is 1. The molecule has 0 radical (unpaired) electrons. The molecule has 2 aromatic rings. The van der Waals surface area contributed by atoms with Crippen molar-refractivity contribution in [2.24, 2.45) is 0 Å². The first-order chi connectivity index (χ1) is 12.4. The Hall–Kier alpha value is -1.92. The lowest BCUT2D eigenvalue weighted by Gasteiger charge is -2.39. The Morgan fingerprint density at radius 2 is 2.31 bits per heavy atom. The number of nitrogens with one attached hydrogen (secondary N) is 2. The number of aromatic amines is 1. The largest absolute Gasteiger partial charge is 0.370 e. The molecular weight excluding hydrogens is 328 g/mol. The molecule has 6 nitrogen and oxygen atoms in total. The molecule has 2 atom stereocenters. The van der Waals surface area contributed by atoms with E-state index >= 15 is 0 Å². The molecule has 2 N–H and O–H groups in total. The summed E-state index contributed by atoms with van der Waals surface area (Å²) in [6.45, 7) is 6.21. The Morgan fingerprint density at radius 3 is 3.12 bits per heavy atom. The zero-order chi connectivity index (χ0) is 18.4. The van der Waals surface area contributed by atoms with Crippen LogP contribution >= 0.6 is 0 Å². The summed E-state index contributed by atoms with van der Waals surface area (Å²) in [6.07, 6.45) is 5.30. The number of fused-ring (bicyclic) bond motifs is 1. The van der Waals surface area contributed by atoms with Crippen molar-refractivity contribution in [1.82, 2.24) is 20.2 Å². The molecule has 0 saturated carbocycles. The summed E-state index contributed by atoms with van der Waals surface area (Å²) in [5.74, 6) is 0.0535. The van der Waals surface area contributed by atoms with Gasteiger partial charge in [0.1, 0.15) is 0 Å². The van der Waals surface area contributed by atoms with Crippen LogP contribution in [0.15, 0.2) is 24.5 Å². The predicted octanol–water partition coefficient (Wildman–Crippen LogP) is 2.60. The first kappa shape index (κ1) is 17.5. The number of imidazole rings is 1. The standard InChI is InChI=1S/C20H28N4O2/c1-19(2)12-20(17(26-19)10-18(25)21-3)7-4-8-24(20)11-14-5-6-15-16(9-14)23-13-22-15/h5-6,9,13,17H,4,7-8,10-12H2,1-3H3,(H,21,25)(H,22,23)/t17-,20+/m0/s1. The average molecular weight is 356 g/mol. The maximum atomic E-state index is 12.1. The Morgan fingerprint density at radius 1 is 1.46 bits per heavy atom. The summed E-state index contributed by atoms with van der Waals surface area (Å²) in [7, 11) is 1.70. The molecule has 6 heteroatoms. The molecule has 2 aliphatic rings. The maximum absolute atomic E-state index is 12.1. The number of H-pyrrole nitrogens is 1. The van der Waals surface area contributed by atoms with E-state index in [4.69, 9.17) is 4.74 Å². The number of amides is 1. The Bertz CT molecular complexity index is 815. The van der Waals surface area contributed by atoms with Gasteiger partial charge in [-0.15, -0.1) is 0 Å². The normalized spacial score (nSPS) is 28.2. The minimum atomic E-state index is -0.200. The zero-order valence-corrected chi connectivity index (χ0v) is 15.8. The SMILES string of the molecule is CNC(=O)C[C@@H]1OC(C)(C)C[C@]12CCCN2Cc1ccc2nc[nH]c2c1. The van der Waals surface area contributed by atoms with Gasteiger partial charge in [0.15, 0.2) is 0 Å². The van der Waals surface area contributed by atoms with Crippen LogP contribution in [0, 0.1) is 0 Å². The molecule has 26 heavy (non-hydrogen) atoms. The molecule has 1 aromatic carbocycles. The van der Waals surface area contributed by atoms with Crippen molar-refractivity contribution in [3.05, 3.63) is 30.1 Å². The lowest BCUT2D eigenvalue weighted by atomic mass is 9.82. The van der Waals surface area contributed by atoms with Gasteiger partial charge in [-0.3, -0.25) is 9.69 Å². The van der Waals surface area contributed by atoms with E-state index in [-0.39, 0.29) is 23.2 Å². The molecule has 1 aromatic heterocycles. The maximum Gasteiger partial charge on any atom is 0.222 e. The van der Waals surface area contributed by atoms with E-state index in [0.29, 0.717) is 6.42 Å². The number of likely N-dealkylation sites (tertiary alicyclic amines) is 1. The predicted molar refractivity (Wildman–Crippen MR) is 101 cm³/mol. The van der Waals surface area contributed by atoms with Crippen molar-refractivity contribution < 1.29 is 9.53 Å². The van der Waals surface area contributed by atoms with Crippen LogP contribution in [0.3, 0.4) is 0 Å². The molecule has 0 aliphatic carbocycles. The van der Waals surface area contributed by atoms with Gasteiger partial charge in [-0.05, 0) is 57.4 Å². The third-order valence-corrected chi connectivity index (χ3v) is 5.97. The van der Waals surface area contributed by atoms with Crippen LogP contribution in [-0.2, 0) is 16.1 Å². The second-order valence-electron chi connectivity index (χ2n) is 8.30. The number of benzene rings is 1. The zero-order valence-electron chi connectivity index (χ0n) is 15.8. The Labute approximate surface area is 154 Å². The number of ether oxygens (including phenoxy) is 1. The summed E-state index contributed by atoms with van der Waals surface area (Å²) < 4.78 is 6.37. The van der Waals surface area contributed by atoms with Gasteiger partial charge in [-0.25, -0.2) is 4.98 Å². The van der Waals surface area contributed by atoms with Crippen LogP contribution in [0.2, 0.25) is 0 Å². The van der Waals surface area contributed by atoms with Crippen LogP contribution in [0.4, 0.5) is 0 Å². The molecule has 140 valence electrons. The molecule has 0 unspecified atom stereocenters. The molecule has 1 spiro atoms. The first-order valence-corrected chi connectivity index (χ1v) is 9.47. The highest BCUT2D eigenvalue weighted by Gasteiger charge is 2.57. The lowest BCUT2D eigenvalue weighted by Crippen LogP contribution is -2.51. The highest BCUT2D eigenvalue weighted by molar-refractivity contribution is 5.76. The van der Waals surface area contributed by atoms with Crippen molar-refractivity contribution in [2.75, 3.05) is 13.6 Å². The van der Waals surface area contributed by atoms with Crippen LogP contribution in [0.1, 0.15) is 45.1 Å². The van der Waals surface area contributed by atoms with Gasteiger partial charge < -0.3 is 15.0 Å². The quantitative estimate of drug-likeness (QED) is 0.883. The second-order valence-corrected chi connectivity index (χ2v) is 8.30. The molecule has 4 rings (SSSR count). The van der Waals surface area contributed by atoms with Crippen LogP contribution < -0.4 is 5.32 Å². The second kappa shape index (κ2) is 6.35. The molecule has 0 bridgehead atoms. The highest BCUT2D eigenvalue weighted by atomic mass is 16.5. The summed E-state index contributed by atoms with van der Waals surface area (Å²) in [4.78, 5) is 22.1. The van der Waals surface area contributed by atoms with Crippen LogP contribution in [0.25, 0.3) is 11.0 Å². The van der Waals surface area contributed by atoms with Gasteiger partial charge in [0.25, 0.3) is 0 Å². The molecular formula is C20H28N4O2. The van der Waals surface area contributed by atoms with E-state index in [1.165, 1.54) is 5.56 Å². The minimum Gasteiger partial charge on any atom is -0.370 e. The van der Waals surface area contributed by atoms with Crippen LogP contribution in [0.5, 0.6) is 0 Å². The fourth-order valence-corrected chi connectivity index (χ4v) is 4.95. The molecule has 2 fully saturated rings. The third kappa shape index (κ3) is 3.01. The lowest BCUT2D eigenvalue weighted by molar-refractivity contribution is -0.126. The van der Waals surface area contributed by atoms with Gasteiger partial charge in [0.2, 0.25) is 5.91 Å². The summed E-state index contributed by atoms with van der Waals surface area (Å²) in [6, 6.07) is 6.41. The van der Waals surface area contributed by atoms with E-state index in [0.717, 1.165) is 43.4 Å². The minimum absolute atomic E-state index is 0.0535. The Kier molecular flexibility index (Phi) is 4.28. The van der Waals surface area contributed by atoms with E-state index in [1.807, 2.05) is 0 Å². The van der Waals surface area contributed by atoms with E-state index in [2.05, 4.69) is 52.2 Å². The fraction of sp³-hybridized carbons (Fsp3) is 0.600. The van der Waals surface area contributed by atoms with Crippen molar-refractivity contribution in [3.63, 3.8) is 0 Å². The number of nitrogens with zero attached hydrogens (tertiary/aromatic N) is 2. The van der Waals surface area contributed by atoms with E-state index in [9.17, 15) is 4.79 Å². The number of hydrogen-bond donors (Lipinski definition) is 2. The number of rotatable bonds is 4. The van der Waals surface area contributed by atoms with Crippen molar-refractivity contribution >= 4 is 16.9 Å². The summed E-state index contributed by atoms with van der Waals surface area (Å²) >= 11 is 0. The number of hydrogen-bond acceptors (Lipinski definition) is 4. The Balaban J connectivity index is 1.61. The van der Waals surface area contributed by atoms with Gasteiger partial charge in [0.05, 0.1) is 41.0 Å². The van der Waals surface area contributed by atoms with Crippen molar-refractivity contribution in [3.8, 4) is 0 Å². The topological polar surface area (TPSA) is 70.2 Å². The molecule has 2 aliphatic heterocycles.